The smallest absolute Gasteiger partial charge is 0.246 e. The van der Waals surface area contributed by atoms with Crippen LogP contribution in [0, 0.1) is 11.3 Å². The highest BCUT2D eigenvalue weighted by Crippen LogP contribution is 2.35. The zero-order valence-electron chi connectivity index (χ0n) is 9.37. The predicted molar refractivity (Wildman–Crippen MR) is 64.4 cm³/mol. The molecule has 1 aromatic heterocycles. The first kappa shape index (κ1) is 13.4. The van der Waals surface area contributed by atoms with Crippen LogP contribution in [0.1, 0.15) is 11.3 Å². The van der Waals surface area contributed by atoms with Crippen molar-refractivity contribution in [2.24, 2.45) is 0 Å². The van der Waals surface area contributed by atoms with Gasteiger partial charge in [-0.3, -0.25) is 0 Å². The fraction of sp³-hybridized carbons (Fsp3) is 0.0769. The van der Waals surface area contributed by atoms with Crippen molar-refractivity contribution in [3.63, 3.8) is 0 Å². The molecule has 1 heterocycles. The molecule has 2 nitrogen and oxygen atoms in total. The molecular formula is C13H6ClF3N2. The molecule has 0 aliphatic heterocycles. The van der Waals surface area contributed by atoms with Crippen LogP contribution in [-0.4, -0.2) is 4.98 Å². The number of hydrogen-bond donors (Lipinski definition) is 0. The lowest BCUT2D eigenvalue weighted by molar-refractivity contribution is -0.137. The maximum Gasteiger partial charge on any atom is 0.416 e. The fourth-order valence-electron chi connectivity index (χ4n) is 1.58. The Labute approximate surface area is 112 Å². The van der Waals surface area contributed by atoms with E-state index in [1.165, 1.54) is 24.4 Å². The molecule has 0 unspecified atom stereocenters. The molecule has 96 valence electrons. The maximum absolute atomic E-state index is 12.7. The third-order valence-corrected chi connectivity index (χ3v) is 2.81. The Balaban J connectivity index is 2.58. The fourth-order valence-corrected chi connectivity index (χ4v) is 1.81. The molecule has 0 bridgehead atoms. The Kier molecular flexibility index (Phi) is 3.45. The second-order valence-electron chi connectivity index (χ2n) is 3.73. The minimum absolute atomic E-state index is 0.117. The summed E-state index contributed by atoms with van der Waals surface area (Å²) < 4.78 is 38.0. The summed E-state index contributed by atoms with van der Waals surface area (Å²) in [7, 11) is 0. The highest BCUT2D eigenvalue weighted by atomic mass is 35.5. The Hall–Kier alpha value is -2.06. The largest absolute Gasteiger partial charge is 0.416 e. The molecule has 0 atom stereocenters. The van der Waals surface area contributed by atoms with E-state index in [9.17, 15) is 13.2 Å². The Morgan fingerprint density at radius 3 is 2.53 bits per heavy atom. The van der Waals surface area contributed by atoms with Crippen LogP contribution in [0.5, 0.6) is 0 Å². The lowest BCUT2D eigenvalue weighted by Crippen LogP contribution is -2.04. The number of pyridine rings is 1. The Morgan fingerprint density at radius 2 is 1.89 bits per heavy atom. The van der Waals surface area contributed by atoms with Crippen LogP contribution < -0.4 is 0 Å². The molecule has 6 heteroatoms. The van der Waals surface area contributed by atoms with Gasteiger partial charge in [0.25, 0.3) is 0 Å². The van der Waals surface area contributed by atoms with Gasteiger partial charge in [0.1, 0.15) is 11.8 Å². The maximum atomic E-state index is 12.7. The Morgan fingerprint density at radius 1 is 1.16 bits per heavy atom. The summed E-state index contributed by atoms with van der Waals surface area (Å²) in [4.78, 5) is 3.76. The van der Waals surface area contributed by atoms with Gasteiger partial charge in [0.15, 0.2) is 0 Å². The number of halogens is 4. The van der Waals surface area contributed by atoms with Crippen molar-refractivity contribution in [1.82, 2.24) is 4.98 Å². The predicted octanol–water partition coefficient (Wildman–Crippen LogP) is 4.29. The summed E-state index contributed by atoms with van der Waals surface area (Å²) in [5.74, 6) is 0. The third-order valence-electron chi connectivity index (χ3n) is 2.48. The first-order valence-corrected chi connectivity index (χ1v) is 5.53. The van der Waals surface area contributed by atoms with Crippen molar-refractivity contribution in [2.75, 3.05) is 0 Å². The number of alkyl halides is 3. The van der Waals surface area contributed by atoms with Crippen molar-refractivity contribution >= 4 is 11.6 Å². The van der Waals surface area contributed by atoms with Crippen LogP contribution in [0.25, 0.3) is 11.1 Å². The summed E-state index contributed by atoms with van der Waals surface area (Å²) in [5, 5.41) is 8.92. The van der Waals surface area contributed by atoms with Gasteiger partial charge in [-0.15, -0.1) is 0 Å². The number of benzene rings is 1. The summed E-state index contributed by atoms with van der Waals surface area (Å²) in [6.45, 7) is 0. The van der Waals surface area contributed by atoms with Gasteiger partial charge < -0.3 is 0 Å². The van der Waals surface area contributed by atoms with Crippen molar-refractivity contribution in [2.45, 2.75) is 6.18 Å². The van der Waals surface area contributed by atoms with E-state index in [2.05, 4.69) is 4.98 Å². The number of hydrogen-bond acceptors (Lipinski definition) is 2. The number of aromatic nitrogens is 1. The van der Waals surface area contributed by atoms with Gasteiger partial charge in [-0.2, -0.15) is 18.4 Å². The normalized spacial score (nSPS) is 11.1. The average Bonchev–Trinajstić information content (AvgIpc) is 2.38. The van der Waals surface area contributed by atoms with Crippen molar-refractivity contribution in [1.29, 1.82) is 5.26 Å². The van der Waals surface area contributed by atoms with Gasteiger partial charge in [-0.05, 0) is 35.9 Å². The molecule has 0 aliphatic rings. The first-order chi connectivity index (χ1) is 8.91. The second-order valence-corrected chi connectivity index (χ2v) is 4.14. The minimum atomic E-state index is -4.44. The summed E-state index contributed by atoms with van der Waals surface area (Å²) in [6.07, 6.45) is -3.09. The zero-order valence-corrected chi connectivity index (χ0v) is 10.1. The second kappa shape index (κ2) is 4.90. The van der Waals surface area contributed by atoms with Crippen LogP contribution in [0.4, 0.5) is 13.2 Å². The molecule has 0 aliphatic carbocycles. The van der Waals surface area contributed by atoms with E-state index in [0.717, 1.165) is 12.1 Å². The van der Waals surface area contributed by atoms with Crippen LogP contribution in [0.15, 0.2) is 36.5 Å². The molecule has 0 saturated carbocycles. The molecule has 0 amide bonds. The molecule has 0 spiro atoms. The molecule has 2 aromatic rings. The van der Waals surface area contributed by atoms with Crippen molar-refractivity contribution in [3.05, 3.63) is 52.8 Å². The quantitative estimate of drug-likeness (QED) is 0.782. The Bertz CT molecular complexity index is 660. The molecular weight excluding hydrogens is 277 g/mol. The van der Waals surface area contributed by atoms with E-state index in [1.54, 1.807) is 0 Å². The molecule has 0 N–H and O–H groups in total. The van der Waals surface area contributed by atoms with E-state index >= 15 is 0 Å². The molecule has 1 aromatic carbocycles. The SMILES string of the molecule is N#Cc1cc(-c2cc(C(F)(F)F)ccc2Cl)ccn1. The lowest BCUT2D eigenvalue weighted by atomic mass is 10.0. The molecule has 0 saturated heterocycles. The van der Waals surface area contributed by atoms with Crippen molar-refractivity contribution < 1.29 is 13.2 Å². The van der Waals surface area contributed by atoms with Crippen LogP contribution in [0.3, 0.4) is 0 Å². The monoisotopic (exact) mass is 282 g/mol. The van der Waals surface area contributed by atoms with Crippen LogP contribution in [-0.2, 0) is 6.18 Å². The van der Waals surface area contributed by atoms with Gasteiger partial charge in [-0.25, -0.2) is 4.98 Å². The molecule has 19 heavy (non-hydrogen) atoms. The lowest BCUT2D eigenvalue weighted by Gasteiger charge is -2.10. The van der Waals surface area contributed by atoms with E-state index in [1.807, 2.05) is 6.07 Å². The third kappa shape index (κ3) is 2.85. The van der Waals surface area contributed by atoms with Gasteiger partial charge >= 0.3 is 6.18 Å². The number of nitriles is 1. The topological polar surface area (TPSA) is 36.7 Å². The van der Waals surface area contributed by atoms with Crippen LogP contribution in [0.2, 0.25) is 5.02 Å². The highest BCUT2D eigenvalue weighted by molar-refractivity contribution is 6.33. The average molecular weight is 283 g/mol. The van der Waals surface area contributed by atoms with E-state index < -0.39 is 11.7 Å². The van der Waals surface area contributed by atoms with E-state index in [4.69, 9.17) is 16.9 Å². The first-order valence-electron chi connectivity index (χ1n) is 5.15. The van der Waals surface area contributed by atoms with Gasteiger partial charge in [0.05, 0.1) is 5.56 Å². The van der Waals surface area contributed by atoms with Gasteiger partial charge in [0.2, 0.25) is 0 Å². The molecule has 0 fully saturated rings. The molecule has 0 radical (unpaired) electrons. The highest BCUT2D eigenvalue weighted by Gasteiger charge is 2.31. The minimum Gasteiger partial charge on any atom is -0.246 e. The zero-order chi connectivity index (χ0) is 14.0. The number of nitrogens with zero attached hydrogens (tertiary/aromatic N) is 2. The standard InChI is InChI=1S/C13H6ClF3N2/c14-12-2-1-9(13(15,16)17)6-11(12)8-3-4-19-10(5-8)7-18/h1-6H. The number of rotatable bonds is 1. The van der Waals surface area contributed by atoms with E-state index in [-0.39, 0.29) is 16.3 Å². The van der Waals surface area contributed by atoms with Crippen molar-refractivity contribution in [3.8, 4) is 17.2 Å². The van der Waals surface area contributed by atoms with Gasteiger partial charge in [-0.1, -0.05) is 11.6 Å². The van der Waals surface area contributed by atoms with E-state index in [0.29, 0.717) is 5.56 Å². The van der Waals surface area contributed by atoms with Gasteiger partial charge in [0, 0.05) is 16.8 Å². The molecule has 2 rings (SSSR count). The summed E-state index contributed by atoms with van der Waals surface area (Å²) >= 11 is 5.91. The summed E-state index contributed by atoms with van der Waals surface area (Å²) in [6, 6.07) is 7.78. The summed E-state index contributed by atoms with van der Waals surface area (Å²) in [5.41, 5.74) is -0.0359. The van der Waals surface area contributed by atoms with Crippen LogP contribution >= 0.6 is 11.6 Å².